The summed E-state index contributed by atoms with van der Waals surface area (Å²) in [5.41, 5.74) is 2.36. The van der Waals surface area contributed by atoms with Crippen molar-refractivity contribution in [3.05, 3.63) is 107 Å². The SMILES string of the molecule is C[C@@H](c1ccccc1)N(CN1C(=O)c2ccccc2C1=O)CN1C(=O)c2ccccc2C1=O. The van der Waals surface area contributed by atoms with E-state index < -0.39 is 0 Å². The Kier molecular flexibility index (Phi) is 5.11. The number of hydrogen-bond acceptors (Lipinski definition) is 5. The van der Waals surface area contributed by atoms with Crippen molar-refractivity contribution in [2.75, 3.05) is 13.3 Å². The van der Waals surface area contributed by atoms with Crippen molar-refractivity contribution in [3.8, 4) is 0 Å². The van der Waals surface area contributed by atoms with Crippen molar-refractivity contribution in [3.63, 3.8) is 0 Å². The van der Waals surface area contributed by atoms with Crippen LogP contribution in [-0.4, -0.2) is 51.7 Å². The number of carbonyl (C=O) groups is 4. The van der Waals surface area contributed by atoms with E-state index in [0.717, 1.165) is 5.56 Å². The van der Waals surface area contributed by atoms with Gasteiger partial charge in [-0.15, -0.1) is 0 Å². The van der Waals surface area contributed by atoms with Crippen LogP contribution in [0.25, 0.3) is 0 Å². The lowest BCUT2D eigenvalue weighted by Gasteiger charge is -2.34. The van der Waals surface area contributed by atoms with E-state index in [9.17, 15) is 19.2 Å². The van der Waals surface area contributed by atoms with Crippen LogP contribution in [0.1, 0.15) is 60.0 Å². The molecule has 0 saturated heterocycles. The molecule has 5 rings (SSSR count). The Morgan fingerprint density at radius 2 is 0.909 bits per heavy atom. The molecule has 7 heteroatoms. The van der Waals surface area contributed by atoms with Crippen LogP contribution >= 0.6 is 0 Å². The topological polar surface area (TPSA) is 78.0 Å². The minimum Gasteiger partial charge on any atom is -0.269 e. The van der Waals surface area contributed by atoms with Gasteiger partial charge in [-0.25, -0.2) is 0 Å². The molecule has 1 atom stereocenters. The predicted molar refractivity (Wildman–Crippen MR) is 120 cm³/mol. The fraction of sp³-hybridized carbons (Fsp3) is 0.154. The van der Waals surface area contributed by atoms with E-state index in [2.05, 4.69) is 0 Å². The predicted octanol–water partition coefficient (Wildman–Crippen LogP) is 3.56. The van der Waals surface area contributed by atoms with Gasteiger partial charge in [-0.3, -0.25) is 33.9 Å². The summed E-state index contributed by atoms with van der Waals surface area (Å²) in [7, 11) is 0. The van der Waals surface area contributed by atoms with Crippen molar-refractivity contribution >= 4 is 23.6 Å². The summed E-state index contributed by atoms with van der Waals surface area (Å²) in [6.07, 6.45) is 0. The Balaban J connectivity index is 1.46. The van der Waals surface area contributed by atoms with E-state index in [1.54, 1.807) is 53.4 Å². The minimum atomic E-state index is -0.386. The molecule has 0 spiro atoms. The number of hydrogen-bond donors (Lipinski definition) is 0. The third-order valence-electron chi connectivity index (χ3n) is 6.23. The maximum atomic E-state index is 13.0. The van der Waals surface area contributed by atoms with Gasteiger partial charge in [-0.2, -0.15) is 0 Å². The highest BCUT2D eigenvalue weighted by Gasteiger charge is 2.40. The van der Waals surface area contributed by atoms with Crippen molar-refractivity contribution in [1.82, 2.24) is 14.7 Å². The highest BCUT2D eigenvalue weighted by molar-refractivity contribution is 6.22. The maximum Gasteiger partial charge on any atom is 0.262 e. The van der Waals surface area contributed by atoms with Crippen LogP contribution in [0, 0.1) is 0 Å². The highest BCUT2D eigenvalue weighted by atomic mass is 16.2. The zero-order valence-corrected chi connectivity index (χ0v) is 18.0. The van der Waals surface area contributed by atoms with Gasteiger partial charge >= 0.3 is 0 Å². The van der Waals surface area contributed by atoms with E-state index in [-0.39, 0.29) is 43.0 Å². The average Bonchev–Trinajstić information content (AvgIpc) is 3.24. The Hall–Kier alpha value is -4.10. The first kappa shape index (κ1) is 20.8. The van der Waals surface area contributed by atoms with E-state index in [4.69, 9.17) is 0 Å². The van der Waals surface area contributed by atoms with Crippen LogP contribution < -0.4 is 0 Å². The molecule has 0 saturated carbocycles. The summed E-state index contributed by atoms with van der Waals surface area (Å²) < 4.78 is 0. The van der Waals surface area contributed by atoms with Crippen molar-refractivity contribution in [1.29, 1.82) is 0 Å². The third kappa shape index (κ3) is 3.43. The molecule has 7 nitrogen and oxygen atoms in total. The Labute approximate surface area is 190 Å². The van der Waals surface area contributed by atoms with E-state index >= 15 is 0 Å². The molecule has 3 aromatic carbocycles. The van der Waals surface area contributed by atoms with Crippen molar-refractivity contribution in [2.45, 2.75) is 13.0 Å². The zero-order chi connectivity index (χ0) is 23.1. The molecule has 0 N–H and O–H groups in total. The molecular weight excluding hydrogens is 418 g/mol. The number of nitrogens with zero attached hydrogens (tertiary/aromatic N) is 3. The zero-order valence-electron chi connectivity index (χ0n) is 18.0. The summed E-state index contributed by atoms with van der Waals surface area (Å²) in [4.78, 5) is 56.0. The molecule has 2 aliphatic heterocycles. The average molecular weight is 439 g/mol. The van der Waals surface area contributed by atoms with Gasteiger partial charge in [-0.05, 0) is 36.8 Å². The van der Waals surface area contributed by atoms with Crippen LogP contribution in [0.3, 0.4) is 0 Å². The van der Waals surface area contributed by atoms with E-state index in [1.165, 1.54) is 9.80 Å². The molecule has 33 heavy (non-hydrogen) atoms. The number of rotatable bonds is 6. The van der Waals surface area contributed by atoms with Gasteiger partial charge in [0.15, 0.2) is 0 Å². The van der Waals surface area contributed by atoms with Crippen LogP contribution in [0.15, 0.2) is 78.9 Å². The Morgan fingerprint density at radius 3 is 1.27 bits per heavy atom. The second-order valence-corrected chi connectivity index (χ2v) is 8.13. The fourth-order valence-corrected chi connectivity index (χ4v) is 4.33. The standard InChI is InChI=1S/C26H21N3O4/c1-17(18-9-3-2-4-10-18)27(15-28-23(30)19-11-5-6-12-20(19)24(28)31)16-29-25(32)21-13-7-8-14-22(21)26(29)33/h2-14,17H,15-16H2,1H3/t17-/m0/s1. The first-order chi connectivity index (χ1) is 16.0. The lowest BCUT2D eigenvalue weighted by molar-refractivity contribution is 0.0309. The first-order valence-electron chi connectivity index (χ1n) is 10.7. The van der Waals surface area contributed by atoms with Gasteiger partial charge in [0.2, 0.25) is 0 Å². The number of carbonyl (C=O) groups excluding carboxylic acids is 4. The van der Waals surface area contributed by atoms with Crippen LogP contribution in [-0.2, 0) is 0 Å². The number of benzene rings is 3. The Morgan fingerprint density at radius 1 is 0.576 bits per heavy atom. The molecule has 164 valence electrons. The van der Waals surface area contributed by atoms with Crippen LogP contribution in [0.4, 0.5) is 0 Å². The highest BCUT2D eigenvalue weighted by Crippen LogP contribution is 2.29. The maximum absolute atomic E-state index is 13.0. The van der Waals surface area contributed by atoms with Gasteiger partial charge in [-0.1, -0.05) is 54.6 Å². The lowest BCUT2D eigenvalue weighted by atomic mass is 10.1. The largest absolute Gasteiger partial charge is 0.269 e. The summed E-state index contributed by atoms with van der Waals surface area (Å²) in [5.74, 6) is -1.54. The molecule has 0 aliphatic carbocycles. The molecule has 0 radical (unpaired) electrons. The normalized spacial score (nSPS) is 15.9. The van der Waals surface area contributed by atoms with Crippen molar-refractivity contribution in [2.24, 2.45) is 0 Å². The van der Waals surface area contributed by atoms with E-state index in [1.807, 2.05) is 37.3 Å². The molecule has 4 amide bonds. The third-order valence-corrected chi connectivity index (χ3v) is 6.23. The lowest BCUT2D eigenvalue weighted by Crippen LogP contribution is -2.48. The van der Waals surface area contributed by atoms with Gasteiger partial charge in [0.1, 0.15) is 0 Å². The molecule has 2 aliphatic rings. The molecule has 3 aromatic rings. The Bertz CT molecular complexity index is 1140. The van der Waals surface area contributed by atoms with Gasteiger partial charge in [0.25, 0.3) is 23.6 Å². The number of imide groups is 2. The summed E-state index contributed by atoms with van der Waals surface area (Å²) >= 11 is 0. The molecule has 0 fully saturated rings. The smallest absolute Gasteiger partial charge is 0.262 e. The second-order valence-electron chi connectivity index (χ2n) is 8.13. The van der Waals surface area contributed by atoms with Crippen LogP contribution in [0.5, 0.6) is 0 Å². The summed E-state index contributed by atoms with van der Waals surface area (Å²) in [6, 6.07) is 22.7. The van der Waals surface area contributed by atoms with Crippen LogP contribution in [0.2, 0.25) is 0 Å². The second kappa shape index (κ2) is 8.11. The fourth-order valence-electron chi connectivity index (χ4n) is 4.33. The number of fused-ring (bicyclic) bond motifs is 2. The molecule has 2 heterocycles. The van der Waals surface area contributed by atoms with Gasteiger partial charge < -0.3 is 0 Å². The summed E-state index contributed by atoms with van der Waals surface area (Å²) in [6.45, 7) is 1.80. The molecule has 0 aromatic heterocycles. The van der Waals surface area contributed by atoms with Gasteiger partial charge in [0.05, 0.1) is 35.6 Å². The molecule has 0 bridgehead atoms. The first-order valence-corrected chi connectivity index (χ1v) is 10.7. The van der Waals surface area contributed by atoms with Gasteiger partial charge in [0, 0.05) is 6.04 Å². The monoisotopic (exact) mass is 439 g/mol. The van der Waals surface area contributed by atoms with E-state index in [0.29, 0.717) is 22.3 Å². The molecule has 0 unspecified atom stereocenters. The molecular formula is C26H21N3O4. The quantitative estimate of drug-likeness (QED) is 0.549. The number of amides is 4. The minimum absolute atomic E-state index is 0.0597. The summed E-state index contributed by atoms with van der Waals surface area (Å²) in [5, 5.41) is 0. The van der Waals surface area contributed by atoms with Crippen molar-refractivity contribution < 1.29 is 19.2 Å².